The van der Waals surface area contributed by atoms with Gasteiger partial charge >= 0.3 is 0 Å². The molecule has 0 nitrogen and oxygen atoms in total. The number of rotatable bonds is 6. The summed E-state index contributed by atoms with van der Waals surface area (Å²) >= 11 is 27.9. The van der Waals surface area contributed by atoms with Gasteiger partial charge in [-0.25, -0.2) is 0 Å². The van der Waals surface area contributed by atoms with Crippen LogP contribution in [0.1, 0.15) is 0 Å². The first-order chi connectivity index (χ1) is 25.4. The Bertz CT molecular complexity index is 2850. The molecule has 6 aromatic heterocycles. The predicted octanol–water partition coefficient (Wildman–Crippen LogP) is 14.8. The Morgan fingerprint density at radius 1 is 0.321 bits per heavy atom. The monoisotopic (exact) mass is 990 g/mol. The average molecular weight is 993 g/mol. The molecule has 0 saturated carbocycles. The Labute approximate surface area is 373 Å². The van der Waals surface area contributed by atoms with E-state index in [1.54, 1.807) is 18.0 Å². The van der Waals surface area contributed by atoms with Crippen LogP contribution in [-0.2, 0) is 0 Å². The molecule has 56 heavy (non-hydrogen) atoms. The Balaban J connectivity index is 1.98. The van der Waals surface area contributed by atoms with E-state index >= 15 is 0 Å². The fraction of sp³-hybridized carbons (Fsp3) is 0.429. The van der Waals surface area contributed by atoms with Crippen LogP contribution >= 0.6 is 91.2 Å². The third-order valence-corrected chi connectivity index (χ3v) is 40.1. The van der Waals surface area contributed by atoms with Crippen LogP contribution in [0.5, 0.6) is 0 Å². The van der Waals surface area contributed by atoms with Gasteiger partial charge in [0.25, 0.3) is 0 Å². The number of hydrogen-bond acceptors (Lipinski definition) is 6. The molecule has 0 unspecified atom stereocenters. The van der Waals surface area contributed by atoms with Crippen LogP contribution in [0.15, 0.2) is 12.1 Å². The molecule has 6 aromatic rings. The number of hydrogen-bond donors (Lipinski definition) is 0. The average Bonchev–Trinajstić information content (AvgIpc) is 3.81. The number of fused-ring (bicyclic) bond motifs is 10. The molecule has 0 atom stereocenters. The van der Waals surface area contributed by atoms with E-state index in [1.807, 2.05) is 22.7 Å². The molecule has 0 saturated heterocycles. The van der Waals surface area contributed by atoms with Crippen molar-refractivity contribution in [2.75, 3.05) is 0 Å². The minimum atomic E-state index is -1.92. The Hall–Kier alpha value is 0.0813. The lowest BCUT2D eigenvalue weighted by Gasteiger charge is -2.19. The maximum atomic E-state index is 7.78. The van der Waals surface area contributed by atoms with E-state index < -0.39 is 48.4 Å². The van der Waals surface area contributed by atoms with E-state index in [2.05, 4.69) is 175 Å². The summed E-state index contributed by atoms with van der Waals surface area (Å²) in [4.78, 5) is 0. The molecule has 0 spiro atoms. The van der Waals surface area contributed by atoms with Gasteiger partial charge in [0.05, 0.1) is 67.2 Å². The van der Waals surface area contributed by atoms with E-state index in [0.717, 1.165) is 8.67 Å². The Morgan fingerprint density at radius 2 is 0.607 bits per heavy atom. The maximum Gasteiger partial charge on any atom is 0.101 e. The lowest BCUT2D eigenvalue weighted by molar-refractivity contribution is 1.76. The standard InChI is InChI=1S/C42H56Cl2S6Si6/c1-51(2,3)23-19-21-22-20-24(52(4,5)6)46-34(22)36-26-25-29(39(53(7,8)9)47-35(25)33(21)45-23)31-27(37(43)49-41(31)55(13,14)15)28-32(30(26)40(48-36)54(10,11)12)42(50-38(28)44)56(16,17)18/h19-20H,1-18H3/b22-21?,26-25-,35-33?,36-34?. The zero-order chi connectivity index (χ0) is 41.4. The van der Waals surface area contributed by atoms with Gasteiger partial charge < -0.3 is 0 Å². The Kier molecular flexibility index (Phi) is 10.2. The minimum Gasteiger partial charge on any atom is -0.143 e. The summed E-state index contributed by atoms with van der Waals surface area (Å²) in [6, 6.07) is 5.32. The lowest BCUT2D eigenvalue weighted by atomic mass is 10.0. The van der Waals surface area contributed by atoms with Gasteiger partial charge in [0.15, 0.2) is 0 Å². The van der Waals surface area contributed by atoms with Crippen molar-refractivity contribution in [2.45, 2.75) is 118 Å². The van der Waals surface area contributed by atoms with Crippen LogP contribution in [0.25, 0.3) is 61.9 Å². The summed E-state index contributed by atoms with van der Waals surface area (Å²) in [7, 11) is -10.9. The molecule has 0 aromatic carbocycles. The minimum absolute atomic E-state index is 0.930. The van der Waals surface area contributed by atoms with E-state index in [1.165, 1.54) is 81.3 Å². The zero-order valence-electron chi connectivity index (χ0n) is 36.4. The van der Waals surface area contributed by atoms with E-state index in [4.69, 9.17) is 23.2 Å². The normalized spacial score (nSPS) is 15.1. The smallest absolute Gasteiger partial charge is 0.101 e. The molecular weight excluding hydrogens is 936 g/mol. The second-order valence-corrected chi connectivity index (χ2v) is 61.8. The van der Waals surface area contributed by atoms with Gasteiger partial charge in [-0.2, -0.15) is 0 Å². The molecular formula is C42H56Cl2S6Si6. The van der Waals surface area contributed by atoms with E-state index in [9.17, 15) is 0 Å². The molecule has 2 aliphatic carbocycles. The molecule has 6 heterocycles. The molecule has 0 N–H and O–H groups in total. The molecule has 2 aliphatic rings. The van der Waals surface area contributed by atoms with Crippen molar-refractivity contribution in [1.29, 1.82) is 0 Å². The maximum absolute atomic E-state index is 7.78. The first-order valence-electron chi connectivity index (χ1n) is 19.7. The number of thiophene rings is 6. The van der Waals surface area contributed by atoms with Crippen LogP contribution in [-0.4, -0.2) is 48.4 Å². The summed E-state index contributed by atoms with van der Waals surface area (Å²) < 4.78 is 17.4. The van der Waals surface area contributed by atoms with Crippen molar-refractivity contribution in [3.63, 3.8) is 0 Å². The van der Waals surface area contributed by atoms with Crippen LogP contribution in [0.2, 0.25) is 127 Å². The van der Waals surface area contributed by atoms with Crippen molar-refractivity contribution in [1.82, 2.24) is 0 Å². The van der Waals surface area contributed by atoms with Gasteiger partial charge in [0.1, 0.15) is 8.67 Å². The van der Waals surface area contributed by atoms with E-state index in [-0.39, 0.29) is 0 Å². The van der Waals surface area contributed by atoms with Crippen LogP contribution in [0.3, 0.4) is 0 Å². The number of halogens is 2. The summed E-state index contributed by atoms with van der Waals surface area (Å²) in [6.07, 6.45) is 0. The van der Waals surface area contributed by atoms with Crippen molar-refractivity contribution >= 4 is 229 Å². The molecule has 8 rings (SSSR count). The second-order valence-electron chi connectivity index (χ2n) is 22.1. The highest BCUT2D eigenvalue weighted by molar-refractivity contribution is 7.40. The van der Waals surface area contributed by atoms with Crippen molar-refractivity contribution < 1.29 is 0 Å². The first kappa shape index (κ1) is 42.8. The van der Waals surface area contributed by atoms with Gasteiger partial charge in [-0.05, 0) is 39.1 Å². The SMILES string of the molecule is C[Si](C)(C)c1cc2c3cc([Si](C)(C)C)sc3c3sc([Si](C)(C)C)c4/c3=c3/c(sc([Si](C)(C)C)c3c3c([Si](C)(C)C)sc(Cl)c3c3c(Cl)sc([Si](C)(C)C)c43)c2s1. The van der Waals surface area contributed by atoms with Gasteiger partial charge in [-0.1, -0.05) is 141 Å². The summed E-state index contributed by atoms with van der Waals surface area (Å²) in [5.41, 5.74) is 0. The predicted molar refractivity (Wildman–Crippen MR) is 291 cm³/mol. The summed E-state index contributed by atoms with van der Waals surface area (Å²) in [6.45, 7) is 45.9. The molecule has 14 heteroatoms. The zero-order valence-corrected chi connectivity index (χ0v) is 48.8. The first-order valence-corrected chi connectivity index (χ1v) is 46.4. The molecule has 0 fully saturated rings. The molecule has 0 bridgehead atoms. The topological polar surface area (TPSA) is 0 Å². The quantitative estimate of drug-likeness (QED) is 0.146. The highest BCUT2D eigenvalue weighted by Crippen LogP contribution is 2.49. The lowest BCUT2D eigenvalue weighted by Crippen LogP contribution is -2.38. The highest BCUT2D eigenvalue weighted by atomic mass is 35.5. The fourth-order valence-electron chi connectivity index (χ4n) is 8.24. The third kappa shape index (κ3) is 6.59. The summed E-state index contributed by atoms with van der Waals surface area (Å²) in [5, 5.41) is 14.4. The van der Waals surface area contributed by atoms with Gasteiger partial charge in [-0.3, -0.25) is 0 Å². The molecule has 0 amide bonds. The van der Waals surface area contributed by atoms with Gasteiger partial charge in [0.2, 0.25) is 0 Å². The Morgan fingerprint density at radius 3 is 0.875 bits per heavy atom. The second kappa shape index (κ2) is 13.3. The van der Waals surface area contributed by atoms with Crippen molar-refractivity contribution in [3.05, 3.63) is 31.2 Å². The highest BCUT2D eigenvalue weighted by Gasteiger charge is 2.37. The van der Waals surface area contributed by atoms with Gasteiger partial charge in [-0.15, -0.1) is 68.0 Å². The third-order valence-electron chi connectivity index (χ3n) is 10.9. The van der Waals surface area contributed by atoms with Crippen LogP contribution in [0.4, 0.5) is 0 Å². The molecule has 0 aliphatic heterocycles. The van der Waals surface area contributed by atoms with Gasteiger partial charge in [0, 0.05) is 53.5 Å². The summed E-state index contributed by atoms with van der Waals surface area (Å²) in [5.74, 6) is 0. The van der Waals surface area contributed by atoms with Crippen LogP contribution < -0.4 is 27.0 Å². The molecule has 0 radical (unpaired) electrons. The van der Waals surface area contributed by atoms with Crippen molar-refractivity contribution in [3.8, 4) is 0 Å². The fourth-order valence-corrected chi connectivity index (χ4v) is 29.7. The van der Waals surface area contributed by atoms with Crippen molar-refractivity contribution in [2.24, 2.45) is 0 Å². The molecule has 298 valence electrons. The van der Waals surface area contributed by atoms with E-state index in [0.29, 0.717) is 0 Å². The largest absolute Gasteiger partial charge is 0.143 e. The van der Waals surface area contributed by atoms with Crippen LogP contribution in [0, 0.1) is 10.4 Å².